The Morgan fingerprint density at radius 2 is 1.60 bits per heavy atom. The van der Waals surface area contributed by atoms with Gasteiger partial charge in [-0.2, -0.15) is 0 Å². The van der Waals surface area contributed by atoms with Gasteiger partial charge in [-0.25, -0.2) is 9.97 Å². The molecule has 2 N–H and O–H groups in total. The SMILES string of the molecule is CC(=O)Nc1cccc(C#Cc2ccc3ncnc(N[C@H](C)c4cccc5ccccc45)c3c2)c1. The number of amides is 1. The molecular weight excluding hydrogens is 432 g/mol. The van der Waals surface area contributed by atoms with Crippen molar-refractivity contribution in [1.29, 1.82) is 0 Å². The van der Waals surface area contributed by atoms with Gasteiger partial charge in [-0.1, -0.05) is 60.4 Å². The Hall–Kier alpha value is -4.69. The van der Waals surface area contributed by atoms with Crippen LogP contribution in [0.1, 0.15) is 36.6 Å². The van der Waals surface area contributed by atoms with Gasteiger partial charge in [0.1, 0.15) is 12.1 Å². The zero-order chi connectivity index (χ0) is 24.2. The quantitative estimate of drug-likeness (QED) is 0.311. The summed E-state index contributed by atoms with van der Waals surface area (Å²) < 4.78 is 0. The summed E-state index contributed by atoms with van der Waals surface area (Å²) >= 11 is 0. The van der Waals surface area contributed by atoms with Gasteiger partial charge in [0.15, 0.2) is 0 Å². The van der Waals surface area contributed by atoms with Crippen LogP contribution in [0.3, 0.4) is 0 Å². The Bertz CT molecular complexity index is 1610. The third-order valence-electron chi connectivity index (χ3n) is 5.81. The first-order valence-corrected chi connectivity index (χ1v) is 11.5. The van der Waals surface area contributed by atoms with Crippen LogP contribution in [0.5, 0.6) is 0 Å². The average Bonchev–Trinajstić information content (AvgIpc) is 2.87. The minimum Gasteiger partial charge on any atom is -0.363 e. The van der Waals surface area contributed by atoms with Crippen LogP contribution in [0, 0.1) is 11.8 Å². The van der Waals surface area contributed by atoms with E-state index in [-0.39, 0.29) is 11.9 Å². The van der Waals surface area contributed by atoms with Gasteiger partial charge in [-0.15, -0.1) is 0 Å². The minimum absolute atomic E-state index is 0.0467. The fourth-order valence-corrected chi connectivity index (χ4v) is 4.18. The first-order valence-electron chi connectivity index (χ1n) is 11.5. The van der Waals surface area contributed by atoms with Crippen LogP contribution in [0.2, 0.25) is 0 Å². The maximum Gasteiger partial charge on any atom is 0.221 e. The number of carbonyl (C=O) groups is 1. The van der Waals surface area contributed by atoms with Gasteiger partial charge in [0.2, 0.25) is 5.91 Å². The molecule has 0 saturated heterocycles. The van der Waals surface area contributed by atoms with Crippen LogP contribution in [-0.4, -0.2) is 15.9 Å². The molecule has 35 heavy (non-hydrogen) atoms. The molecule has 1 amide bonds. The lowest BCUT2D eigenvalue weighted by Gasteiger charge is -2.18. The van der Waals surface area contributed by atoms with Crippen molar-refractivity contribution >= 4 is 39.1 Å². The predicted molar refractivity (Wildman–Crippen MR) is 142 cm³/mol. The Morgan fingerprint density at radius 3 is 2.46 bits per heavy atom. The molecule has 1 heterocycles. The van der Waals surface area contributed by atoms with E-state index in [2.05, 4.69) is 81.8 Å². The van der Waals surface area contributed by atoms with Gasteiger partial charge in [0, 0.05) is 29.1 Å². The highest BCUT2D eigenvalue weighted by Gasteiger charge is 2.12. The molecule has 1 aromatic heterocycles. The second-order valence-electron chi connectivity index (χ2n) is 8.40. The fraction of sp³-hybridized carbons (Fsp3) is 0.100. The van der Waals surface area contributed by atoms with Crippen LogP contribution in [0.25, 0.3) is 21.7 Å². The summed E-state index contributed by atoms with van der Waals surface area (Å²) in [6.07, 6.45) is 1.58. The van der Waals surface area contributed by atoms with E-state index in [1.165, 1.54) is 23.3 Å². The van der Waals surface area contributed by atoms with Crippen LogP contribution < -0.4 is 10.6 Å². The number of nitrogens with one attached hydrogen (secondary N) is 2. The molecular formula is C30H24N4O. The monoisotopic (exact) mass is 456 g/mol. The Labute approximate surface area is 204 Å². The number of carbonyl (C=O) groups excluding carboxylic acids is 1. The predicted octanol–water partition coefficient (Wildman–Crippen LogP) is 6.31. The lowest BCUT2D eigenvalue weighted by atomic mass is 9.99. The van der Waals surface area contributed by atoms with Crippen molar-refractivity contribution in [3.63, 3.8) is 0 Å². The van der Waals surface area contributed by atoms with Crippen LogP contribution >= 0.6 is 0 Å². The molecule has 0 aliphatic heterocycles. The lowest BCUT2D eigenvalue weighted by Crippen LogP contribution is -2.09. The van der Waals surface area contributed by atoms with Crippen molar-refractivity contribution in [2.75, 3.05) is 10.6 Å². The van der Waals surface area contributed by atoms with E-state index in [4.69, 9.17) is 0 Å². The van der Waals surface area contributed by atoms with Crippen molar-refractivity contribution in [2.45, 2.75) is 19.9 Å². The molecule has 0 aliphatic rings. The summed E-state index contributed by atoms with van der Waals surface area (Å²) in [4.78, 5) is 20.3. The van der Waals surface area contributed by atoms with Gasteiger partial charge in [-0.3, -0.25) is 4.79 Å². The summed E-state index contributed by atoms with van der Waals surface area (Å²) in [6.45, 7) is 3.63. The number of hydrogen-bond acceptors (Lipinski definition) is 4. The second-order valence-corrected chi connectivity index (χ2v) is 8.40. The molecule has 5 heteroatoms. The highest BCUT2D eigenvalue weighted by Crippen LogP contribution is 2.29. The first kappa shape index (κ1) is 22.1. The number of benzene rings is 4. The van der Waals surface area contributed by atoms with E-state index in [1.54, 1.807) is 6.33 Å². The molecule has 0 saturated carbocycles. The number of aromatic nitrogens is 2. The Morgan fingerprint density at radius 1 is 0.829 bits per heavy atom. The molecule has 0 aliphatic carbocycles. The molecule has 0 spiro atoms. The van der Waals surface area contributed by atoms with Crippen molar-refractivity contribution in [2.24, 2.45) is 0 Å². The summed E-state index contributed by atoms with van der Waals surface area (Å²) in [5.41, 5.74) is 4.47. The molecule has 1 atom stereocenters. The Kier molecular flexibility index (Phi) is 6.11. The van der Waals surface area contributed by atoms with E-state index in [1.807, 2.05) is 42.5 Å². The molecule has 0 bridgehead atoms. The van der Waals surface area contributed by atoms with Crippen LogP contribution in [-0.2, 0) is 4.79 Å². The van der Waals surface area contributed by atoms with E-state index in [0.717, 1.165) is 33.5 Å². The van der Waals surface area contributed by atoms with Crippen molar-refractivity contribution in [1.82, 2.24) is 9.97 Å². The van der Waals surface area contributed by atoms with Gasteiger partial charge in [0.25, 0.3) is 0 Å². The smallest absolute Gasteiger partial charge is 0.221 e. The molecule has 0 radical (unpaired) electrons. The highest BCUT2D eigenvalue weighted by molar-refractivity contribution is 5.91. The number of nitrogens with zero attached hydrogens (tertiary/aromatic N) is 2. The summed E-state index contributed by atoms with van der Waals surface area (Å²) in [5, 5.41) is 9.72. The Balaban J connectivity index is 1.45. The van der Waals surface area contributed by atoms with E-state index in [0.29, 0.717) is 0 Å². The van der Waals surface area contributed by atoms with Crippen molar-refractivity contribution in [3.05, 3.63) is 108 Å². The standard InChI is InChI=1S/C30H24N4O/c1-20(26-12-6-9-24-8-3-4-11-27(24)26)33-30-28-18-23(15-16-29(28)31-19-32-30)14-13-22-7-5-10-25(17-22)34-21(2)35/h3-12,15-20H,1-2H3,(H,34,35)(H,31,32,33)/t20-/m1/s1. The normalized spacial score (nSPS) is 11.5. The minimum atomic E-state index is -0.109. The number of hydrogen-bond donors (Lipinski definition) is 2. The molecule has 170 valence electrons. The van der Waals surface area contributed by atoms with Gasteiger partial charge in [0.05, 0.1) is 11.6 Å². The largest absolute Gasteiger partial charge is 0.363 e. The molecule has 0 fully saturated rings. The first-order chi connectivity index (χ1) is 17.1. The number of fused-ring (bicyclic) bond motifs is 2. The van der Waals surface area contributed by atoms with Gasteiger partial charge < -0.3 is 10.6 Å². The topological polar surface area (TPSA) is 66.9 Å². The van der Waals surface area contributed by atoms with Gasteiger partial charge >= 0.3 is 0 Å². The summed E-state index contributed by atoms with van der Waals surface area (Å²) in [5.74, 6) is 7.07. The third kappa shape index (κ3) is 4.97. The molecule has 4 aromatic carbocycles. The zero-order valence-electron chi connectivity index (χ0n) is 19.5. The van der Waals surface area contributed by atoms with E-state index in [9.17, 15) is 4.79 Å². The van der Waals surface area contributed by atoms with Gasteiger partial charge in [-0.05, 0) is 59.7 Å². The lowest BCUT2D eigenvalue weighted by molar-refractivity contribution is -0.114. The fourth-order valence-electron chi connectivity index (χ4n) is 4.18. The summed E-state index contributed by atoms with van der Waals surface area (Å²) in [6, 6.07) is 28.2. The average molecular weight is 457 g/mol. The number of rotatable bonds is 4. The molecule has 5 rings (SSSR count). The second kappa shape index (κ2) is 9.66. The third-order valence-corrected chi connectivity index (χ3v) is 5.81. The maximum atomic E-state index is 11.3. The highest BCUT2D eigenvalue weighted by atomic mass is 16.1. The molecule has 0 unspecified atom stereocenters. The van der Waals surface area contributed by atoms with Crippen LogP contribution in [0.15, 0.2) is 91.3 Å². The molecule has 5 nitrogen and oxygen atoms in total. The van der Waals surface area contributed by atoms with E-state index < -0.39 is 0 Å². The van der Waals surface area contributed by atoms with Crippen molar-refractivity contribution < 1.29 is 4.79 Å². The molecule has 5 aromatic rings. The van der Waals surface area contributed by atoms with E-state index >= 15 is 0 Å². The van der Waals surface area contributed by atoms with Crippen LogP contribution in [0.4, 0.5) is 11.5 Å². The summed E-state index contributed by atoms with van der Waals surface area (Å²) in [7, 11) is 0. The zero-order valence-corrected chi connectivity index (χ0v) is 19.5. The van der Waals surface area contributed by atoms with Crippen molar-refractivity contribution in [3.8, 4) is 11.8 Å². The number of anilines is 2. The maximum absolute atomic E-state index is 11.3.